The molecule has 6 heteroatoms. The Kier molecular flexibility index (Phi) is 6.89. The molecule has 0 spiro atoms. The summed E-state index contributed by atoms with van der Waals surface area (Å²) in [4.78, 5) is 8.36. The number of rotatable bonds is 7. The number of pyridine rings is 1. The van der Waals surface area contributed by atoms with E-state index in [1.807, 2.05) is 36.4 Å². The highest BCUT2D eigenvalue weighted by molar-refractivity contribution is 5.79. The molecule has 0 unspecified atom stereocenters. The maximum Gasteiger partial charge on any atom is 0.212 e. The van der Waals surface area contributed by atoms with E-state index in [1.54, 1.807) is 20.4 Å². The molecule has 0 aliphatic carbocycles. The van der Waals surface area contributed by atoms with Crippen molar-refractivity contribution in [1.82, 2.24) is 15.6 Å². The molecule has 0 saturated carbocycles. The molecule has 1 aromatic heterocycles. The van der Waals surface area contributed by atoms with E-state index in [9.17, 15) is 0 Å². The van der Waals surface area contributed by atoms with Crippen molar-refractivity contribution >= 4 is 5.96 Å². The summed E-state index contributed by atoms with van der Waals surface area (Å²) in [5, 5.41) is 6.44. The minimum atomic E-state index is 0.563. The molecule has 1 heterocycles. The van der Waals surface area contributed by atoms with Crippen molar-refractivity contribution in [3.63, 3.8) is 0 Å². The van der Waals surface area contributed by atoms with Crippen LogP contribution in [-0.4, -0.2) is 38.3 Å². The molecule has 0 aliphatic rings. The second-order valence-electron chi connectivity index (χ2n) is 5.22. The monoisotopic (exact) mass is 328 g/mol. The first-order chi connectivity index (χ1) is 11.7. The highest BCUT2D eigenvalue weighted by atomic mass is 16.5. The fraction of sp³-hybridized carbons (Fsp3) is 0.333. The molecule has 128 valence electrons. The Balaban J connectivity index is 1.69. The standard InChI is InChI=1S/C18H24N4O2/c1-14-4-7-16(8-5-14)24-11-10-20-18(19-2)22-13-15-6-9-17(23-3)21-12-15/h4-9,12H,10-11,13H2,1-3H3,(H2,19,20,22). The number of hydrogen-bond acceptors (Lipinski definition) is 4. The molecule has 24 heavy (non-hydrogen) atoms. The second kappa shape index (κ2) is 9.39. The van der Waals surface area contributed by atoms with Gasteiger partial charge >= 0.3 is 0 Å². The van der Waals surface area contributed by atoms with Gasteiger partial charge in [-0.15, -0.1) is 0 Å². The van der Waals surface area contributed by atoms with E-state index in [0.717, 1.165) is 17.3 Å². The highest BCUT2D eigenvalue weighted by Crippen LogP contribution is 2.10. The Morgan fingerprint density at radius 3 is 2.54 bits per heavy atom. The third-order valence-corrected chi connectivity index (χ3v) is 3.37. The molecule has 0 atom stereocenters. The first-order valence-corrected chi connectivity index (χ1v) is 7.84. The van der Waals surface area contributed by atoms with Gasteiger partial charge in [0.2, 0.25) is 5.88 Å². The van der Waals surface area contributed by atoms with Crippen molar-refractivity contribution in [3.8, 4) is 11.6 Å². The second-order valence-corrected chi connectivity index (χ2v) is 5.22. The SMILES string of the molecule is CN=C(NCCOc1ccc(C)cc1)NCc1ccc(OC)nc1. The number of aliphatic imine (C=N–C) groups is 1. The topological polar surface area (TPSA) is 67.8 Å². The van der Waals surface area contributed by atoms with E-state index >= 15 is 0 Å². The lowest BCUT2D eigenvalue weighted by Gasteiger charge is -2.12. The summed E-state index contributed by atoms with van der Waals surface area (Å²) in [6.45, 7) is 3.91. The molecule has 0 radical (unpaired) electrons. The van der Waals surface area contributed by atoms with E-state index < -0.39 is 0 Å². The lowest BCUT2D eigenvalue weighted by atomic mass is 10.2. The first-order valence-electron chi connectivity index (χ1n) is 7.84. The van der Waals surface area contributed by atoms with Crippen molar-refractivity contribution < 1.29 is 9.47 Å². The Morgan fingerprint density at radius 1 is 1.12 bits per heavy atom. The number of aromatic nitrogens is 1. The van der Waals surface area contributed by atoms with Gasteiger partial charge < -0.3 is 20.1 Å². The van der Waals surface area contributed by atoms with E-state index in [0.29, 0.717) is 25.6 Å². The summed E-state index contributed by atoms with van der Waals surface area (Å²) in [5.41, 5.74) is 2.27. The predicted octanol–water partition coefficient (Wildman–Crippen LogP) is 2.14. The molecule has 2 N–H and O–H groups in total. The van der Waals surface area contributed by atoms with Crippen molar-refractivity contribution in [2.75, 3.05) is 27.3 Å². The fourth-order valence-electron chi connectivity index (χ4n) is 2.02. The smallest absolute Gasteiger partial charge is 0.212 e. The summed E-state index contributed by atoms with van der Waals surface area (Å²) in [6, 6.07) is 11.8. The van der Waals surface area contributed by atoms with Crippen LogP contribution in [0.15, 0.2) is 47.6 Å². The maximum atomic E-state index is 5.68. The third-order valence-electron chi connectivity index (χ3n) is 3.37. The minimum absolute atomic E-state index is 0.563. The normalized spacial score (nSPS) is 11.0. The molecule has 0 amide bonds. The zero-order valence-electron chi connectivity index (χ0n) is 14.4. The summed E-state index contributed by atoms with van der Waals surface area (Å²) < 4.78 is 10.7. The maximum absolute atomic E-state index is 5.68. The number of nitrogens with one attached hydrogen (secondary N) is 2. The van der Waals surface area contributed by atoms with Gasteiger partial charge in [-0.1, -0.05) is 23.8 Å². The minimum Gasteiger partial charge on any atom is -0.492 e. The molecule has 0 bridgehead atoms. The molecule has 6 nitrogen and oxygen atoms in total. The van der Waals surface area contributed by atoms with Gasteiger partial charge in [-0.3, -0.25) is 4.99 Å². The zero-order valence-corrected chi connectivity index (χ0v) is 14.4. The third kappa shape index (κ3) is 5.79. The van der Waals surface area contributed by atoms with Crippen LogP contribution in [0.2, 0.25) is 0 Å². The van der Waals surface area contributed by atoms with E-state index in [-0.39, 0.29) is 0 Å². The molecule has 2 rings (SSSR count). The van der Waals surface area contributed by atoms with Gasteiger partial charge in [-0.2, -0.15) is 0 Å². The lowest BCUT2D eigenvalue weighted by molar-refractivity contribution is 0.322. The van der Waals surface area contributed by atoms with Crippen LogP contribution in [0.25, 0.3) is 0 Å². The van der Waals surface area contributed by atoms with Crippen molar-refractivity contribution in [2.24, 2.45) is 4.99 Å². The number of hydrogen-bond donors (Lipinski definition) is 2. The van der Waals surface area contributed by atoms with Gasteiger partial charge in [-0.25, -0.2) is 4.98 Å². The Hall–Kier alpha value is -2.76. The van der Waals surface area contributed by atoms with Gasteiger partial charge in [0.05, 0.1) is 13.7 Å². The molecular weight excluding hydrogens is 304 g/mol. The average Bonchev–Trinajstić information content (AvgIpc) is 2.63. The van der Waals surface area contributed by atoms with Crippen LogP contribution in [-0.2, 0) is 6.54 Å². The first kappa shape index (κ1) is 17.6. The Morgan fingerprint density at radius 2 is 1.92 bits per heavy atom. The number of methoxy groups -OCH3 is 1. The van der Waals surface area contributed by atoms with Gasteiger partial charge in [0.25, 0.3) is 0 Å². The summed E-state index contributed by atoms with van der Waals surface area (Å²) in [7, 11) is 3.34. The molecular formula is C18H24N4O2. The van der Waals surface area contributed by atoms with Gasteiger partial charge in [0.15, 0.2) is 5.96 Å². The van der Waals surface area contributed by atoms with E-state index in [4.69, 9.17) is 9.47 Å². The van der Waals surface area contributed by atoms with Crippen LogP contribution in [0.5, 0.6) is 11.6 Å². The molecule has 0 saturated heterocycles. The summed E-state index contributed by atoms with van der Waals surface area (Å²) in [5.74, 6) is 2.20. The average molecular weight is 328 g/mol. The molecule has 0 fully saturated rings. The van der Waals surface area contributed by atoms with E-state index in [1.165, 1.54) is 5.56 Å². The van der Waals surface area contributed by atoms with Crippen LogP contribution in [0.1, 0.15) is 11.1 Å². The number of benzene rings is 1. The summed E-state index contributed by atoms with van der Waals surface area (Å²) in [6.07, 6.45) is 1.78. The zero-order chi connectivity index (χ0) is 17.2. The molecule has 2 aromatic rings. The Bertz CT molecular complexity index is 639. The fourth-order valence-corrected chi connectivity index (χ4v) is 2.02. The highest BCUT2D eigenvalue weighted by Gasteiger charge is 2.00. The predicted molar refractivity (Wildman–Crippen MR) is 95.7 cm³/mol. The quantitative estimate of drug-likeness (QED) is 0.463. The van der Waals surface area contributed by atoms with Crippen LogP contribution < -0.4 is 20.1 Å². The number of aryl methyl sites for hydroxylation is 1. The van der Waals surface area contributed by atoms with Crippen LogP contribution >= 0.6 is 0 Å². The number of guanidine groups is 1. The molecule has 1 aromatic carbocycles. The van der Waals surface area contributed by atoms with Gasteiger partial charge in [-0.05, 0) is 24.6 Å². The Labute approximate surface area is 142 Å². The number of nitrogens with zero attached hydrogens (tertiary/aromatic N) is 2. The van der Waals surface area contributed by atoms with Gasteiger partial charge in [0, 0.05) is 25.9 Å². The van der Waals surface area contributed by atoms with Crippen molar-refractivity contribution in [1.29, 1.82) is 0 Å². The summed E-state index contributed by atoms with van der Waals surface area (Å²) >= 11 is 0. The largest absolute Gasteiger partial charge is 0.492 e. The van der Waals surface area contributed by atoms with Crippen molar-refractivity contribution in [3.05, 3.63) is 53.7 Å². The van der Waals surface area contributed by atoms with Crippen molar-refractivity contribution in [2.45, 2.75) is 13.5 Å². The number of ether oxygens (including phenoxy) is 2. The lowest BCUT2D eigenvalue weighted by Crippen LogP contribution is -2.38. The molecule has 0 aliphatic heterocycles. The van der Waals surface area contributed by atoms with Crippen LogP contribution in [0.3, 0.4) is 0 Å². The van der Waals surface area contributed by atoms with Crippen LogP contribution in [0.4, 0.5) is 0 Å². The van der Waals surface area contributed by atoms with E-state index in [2.05, 4.69) is 27.5 Å². The van der Waals surface area contributed by atoms with Crippen LogP contribution in [0, 0.1) is 6.92 Å². The van der Waals surface area contributed by atoms with Gasteiger partial charge in [0.1, 0.15) is 12.4 Å².